The summed E-state index contributed by atoms with van der Waals surface area (Å²) in [4.78, 5) is 14.5. The van der Waals surface area contributed by atoms with Crippen molar-refractivity contribution in [1.82, 2.24) is 4.90 Å². The van der Waals surface area contributed by atoms with Crippen LogP contribution < -0.4 is 4.31 Å². The van der Waals surface area contributed by atoms with Crippen molar-refractivity contribution >= 4 is 21.6 Å². The predicted molar refractivity (Wildman–Crippen MR) is 93.6 cm³/mol. The lowest BCUT2D eigenvalue weighted by molar-refractivity contribution is -0.142. The predicted octanol–water partition coefficient (Wildman–Crippen LogP) is 0.590. The smallest absolute Gasteiger partial charge is 0.243 e. The van der Waals surface area contributed by atoms with Crippen molar-refractivity contribution in [3.8, 4) is 0 Å². The van der Waals surface area contributed by atoms with E-state index >= 15 is 0 Å². The van der Waals surface area contributed by atoms with Crippen LogP contribution >= 0.6 is 0 Å². The average Bonchev–Trinajstić information content (AvgIpc) is 3.01. The molecular formula is C17H23FN2O5S. The van der Waals surface area contributed by atoms with Gasteiger partial charge in [-0.1, -0.05) is 6.07 Å². The van der Waals surface area contributed by atoms with E-state index in [1.54, 1.807) is 4.90 Å². The van der Waals surface area contributed by atoms with Crippen LogP contribution in [0.15, 0.2) is 24.3 Å². The van der Waals surface area contributed by atoms with Crippen LogP contribution in [-0.4, -0.2) is 69.0 Å². The highest BCUT2D eigenvalue weighted by Crippen LogP contribution is 2.34. The molecule has 1 saturated carbocycles. The number of hydrogen-bond donors (Lipinski definition) is 1. The number of benzene rings is 1. The van der Waals surface area contributed by atoms with Crippen LogP contribution in [0.1, 0.15) is 12.8 Å². The number of carbonyl (C=O) groups excluding carboxylic acids is 1. The SMILES string of the molecule is CS(=O)(=O)N(CC(=O)N1CCOC2C[C@H](CO)C[C@@H]21)c1cccc(F)c1. The number of morpholine rings is 1. The van der Waals surface area contributed by atoms with Crippen molar-refractivity contribution in [2.24, 2.45) is 5.92 Å². The minimum atomic E-state index is -3.76. The molecule has 0 aromatic heterocycles. The van der Waals surface area contributed by atoms with E-state index in [2.05, 4.69) is 0 Å². The first-order chi connectivity index (χ1) is 12.3. The monoisotopic (exact) mass is 386 g/mol. The van der Waals surface area contributed by atoms with E-state index < -0.39 is 22.4 Å². The van der Waals surface area contributed by atoms with Crippen LogP contribution in [0.5, 0.6) is 0 Å². The Kier molecular flexibility index (Phi) is 5.50. The van der Waals surface area contributed by atoms with E-state index in [4.69, 9.17) is 4.74 Å². The molecule has 1 heterocycles. The highest BCUT2D eigenvalue weighted by molar-refractivity contribution is 7.92. The van der Waals surface area contributed by atoms with Gasteiger partial charge in [-0.3, -0.25) is 9.10 Å². The summed E-state index contributed by atoms with van der Waals surface area (Å²) in [6.07, 6.45) is 2.17. The molecule has 0 radical (unpaired) electrons. The van der Waals surface area contributed by atoms with Gasteiger partial charge in [0.2, 0.25) is 15.9 Å². The Morgan fingerprint density at radius 2 is 2.19 bits per heavy atom. The summed E-state index contributed by atoms with van der Waals surface area (Å²) in [6, 6.07) is 5.00. The van der Waals surface area contributed by atoms with Crippen molar-refractivity contribution in [2.45, 2.75) is 25.0 Å². The zero-order valence-electron chi connectivity index (χ0n) is 14.5. The first-order valence-corrected chi connectivity index (χ1v) is 10.4. The molecule has 0 bridgehead atoms. The maximum Gasteiger partial charge on any atom is 0.243 e. The summed E-state index contributed by atoms with van der Waals surface area (Å²) in [6.45, 7) is 0.398. The molecule has 26 heavy (non-hydrogen) atoms. The summed E-state index contributed by atoms with van der Waals surface area (Å²) in [5.74, 6) is -0.846. The van der Waals surface area contributed by atoms with E-state index in [0.29, 0.717) is 26.0 Å². The van der Waals surface area contributed by atoms with Crippen molar-refractivity contribution in [3.05, 3.63) is 30.1 Å². The second-order valence-corrected chi connectivity index (χ2v) is 8.74. The van der Waals surface area contributed by atoms with Gasteiger partial charge < -0.3 is 14.7 Å². The van der Waals surface area contributed by atoms with Gasteiger partial charge in [-0.05, 0) is 37.0 Å². The number of rotatable bonds is 5. The zero-order valence-corrected chi connectivity index (χ0v) is 15.4. The molecule has 2 aliphatic rings. The molecule has 1 saturated heterocycles. The molecule has 3 rings (SSSR count). The Balaban J connectivity index is 1.80. The van der Waals surface area contributed by atoms with Crippen molar-refractivity contribution in [1.29, 1.82) is 0 Å². The van der Waals surface area contributed by atoms with Crippen LogP contribution in [0.2, 0.25) is 0 Å². The quantitative estimate of drug-likeness (QED) is 0.800. The van der Waals surface area contributed by atoms with Crippen molar-refractivity contribution in [2.75, 3.05) is 36.9 Å². The maximum absolute atomic E-state index is 13.5. The van der Waals surface area contributed by atoms with Gasteiger partial charge in [0.1, 0.15) is 12.4 Å². The van der Waals surface area contributed by atoms with E-state index in [9.17, 15) is 22.7 Å². The van der Waals surface area contributed by atoms with Crippen LogP contribution in [0.3, 0.4) is 0 Å². The first-order valence-electron chi connectivity index (χ1n) is 8.55. The van der Waals surface area contributed by atoms with E-state index in [0.717, 1.165) is 16.6 Å². The number of carbonyl (C=O) groups is 1. The molecule has 7 nitrogen and oxygen atoms in total. The number of amides is 1. The van der Waals surface area contributed by atoms with Gasteiger partial charge in [0, 0.05) is 13.2 Å². The molecule has 3 atom stereocenters. The molecule has 144 valence electrons. The third-order valence-electron chi connectivity index (χ3n) is 4.99. The zero-order chi connectivity index (χ0) is 18.9. The number of anilines is 1. The molecule has 1 N–H and O–H groups in total. The average molecular weight is 386 g/mol. The fourth-order valence-corrected chi connectivity index (χ4v) is 4.60. The Hall–Kier alpha value is -1.71. The van der Waals surface area contributed by atoms with E-state index in [1.165, 1.54) is 18.2 Å². The lowest BCUT2D eigenvalue weighted by Crippen LogP contribution is -2.54. The molecule has 1 unspecified atom stereocenters. The molecule has 9 heteroatoms. The number of aliphatic hydroxyl groups excluding tert-OH is 1. The highest BCUT2D eigenvalue weighted by Gasteiger charge is 2.43. The molecule has 0 spiro atoms. The van der Waals surface area contributed by atoms with Crippen molar-refractivity contribution in [3.63, 3.8) is 0 Å². The van der Waals surface area contributed by atoms with Crippen LogP contribution in [0.4, 0.5) is 10.1 Å². The van der Waals surface area contributed by atoms with Crippen molar-refractivity contribution < 1.29 is 27.4 Å². The Bertz CT molecular complexity index is 772. The second-order valence-electron chi connectivity index (χ2n) is 6.83. The fraction of sp³-hybridized carbons (Fsp3) is 0.588. The summed E-state index contributed by atoms with van der Waals surface area (Å²) in [5.41, 5.74) is 0.116. The Morgan fingerprint density at radius 1 is 1.42 bits per heavy atom. The van der Waals surface area contributed by atoms with Crippen LogP contribution in [-0.2, 0) is 19.6 Å². The largest absolute Gasteiger partial charge is 0.396 e. The van der Waals surface area contributed by atoms with E-state index in [1.807, 2.05) is 0 Å². The number of fused-ring (bicyclic) bond motifs is 1. The number of nitrogens with zero attached hydrogens (tertiary/aromatic N) is 2. The number of aliphatic hydroxyl groups is 1. The fourth-order valence-electron chi connectivity index (χ4n) is 3.75. The lowest BCUT2D eigenvalue weighted by Gasteiger charge is -2.38. The van der Waals surface area contributed by atoms with E-state index in [-0.39, 0.29) is 36.3 Å². The highest BCUT2D eigenvalue weighted by atomic mass is 32.2. The molecule has 1 amide bonds. The standard InChI is InChI=1S/C17H23FN2O5S/c1-26(23,24)20(14-4-2-3-13(18)9-14)10-17(22)19-5-6-25-16-8-12(11-21)7-15(16)19/h2-4,9,12,15-16,21H,5-8,10-11H2,1H3/t12-,15+,16?/m1/s1. The topological polar surface area (TPSA) is 87.2 Å². The van der Waals surface area contributed by atoms with Crippen LogP contribution in [0, 0.1) is 11.7 Å². The summed E-state index contributed by atoms with van der Waals surface area (Å²) >= 11 is 0. The molecule has 1 aliphatic carbocycles. The molecule has 1 aliphatic heterocycles. The minimum Gasteiger partial charge on any atom is -0.396 e. The van der Waals surface area contributed by atoms with Gasteiger partial charge >= 0.3 is 0 Å². The molecule has 1 aromatic rings. The van der Waals surface area contributed by atoms with Gasteiger partial charge in [0.05, 0.1) is 30.7 Å². The summed E-state index contributed by atoms with van der Waals surface area (Å²) < 4.78 is 44.5. The maximum atomic E-state index is 13.5. The Morgan fingerprint density at radius 3 is 2.85 bits per heavy atom. The molecule has 2 fully saturated rings. The van der Waals surface area contributed by atoms with Gasteiger partial charge in [0.25, 0.3) is 0 Å². The minimum absolute atomic E-state index is 0.0388. The van der Waals surface area contributed by atoms with Gasteiger partial charge in [-0.2, -0.15) is 0 Å². The third-order valence-corrected chi connectivity index (χ3v) is 6.13. The number of halogens is 1. The number of sulfonamides is 1. The second kappa shape index (κ2) is 7.50. The number of hydrogen-bond acceptors (Lipinski definition) is 5. The third kappa shape index (κ3) is 3.99. The normalized spacial score (nSPS) is 25.8. The van der Waals surface area contributed by atoms with Gasteiger partial charge in [-0.15, -0.1) is 0 Å². The number of ether oxygens (including phenoxy) is 1. The summed E-state index contributed by atoms with van der Waals surface area (Å²) in [5, 5.41) is 9.38. The molecule has 1 aromatic carbocycles. The van der Waals surface area contributed by atoms with Crippen LogP contribution in [0.25, 0.3) is 0 Å². The first kappa shape index (κ1) is 19.1. The van der Waals surface area contributed by atoms with Gasteiger partial charge in [-0.25, -0.2) is 12.8 Å². The Labute approximate surface area is 152 Å². The molecular weight excluding hydrogens is 363 g/mol. The lowest BCUT2D eigenvalue weighted by atomic mass is 10.1. The van der Waals surface area contributed by atoms with Gasteiger partial charge in [0.15, 0.2) is 0 Å². The summed E-state index contributed by atoms with van der Waals surface area (Å²) in [7, 11) is -3.76.